The minimum absolute atomic E-state index is 0.394. The lowest BCUT2D eigenvalue weighted by Gasteiger charge is -2.24. The number of likely N-dealkylation sites (N-methyl/N-ethyl adjacent to an activating group) is 1. The minimum atomic E-state index is 0.394. The normalized spacial score (nSPS) is 13.5. The molecule has 0 amide bonds. The van der Waals surface area contributed by atoms with Gasteiger partial charge in [0, 0.05) is 25.6 Å². The Balaban J connectivity index is 3.55. The van der Waals surface area contributed by atoms with Crippen LogP contribution in [0.3, 0.4) is 0 Å². The second kappa shape index (κ2) is 8.02. The molecule has 0 aliphatic carbocycles. The van der Waals surface area contributed by atoms with Gasteiger partial charge in [0.2, 0.25) is 0 Å². The Morgan fingerprint density at radius 3 is 2.47 bits per heavy atom. The molecule has 0 bridgehead atoms. The van der Waals surface area contributed by atoms with Crippen LogP contribution in [0.2, 0.25) is 0 Å². The van der Waals surface area contributed by atoms with E-state index in [9.17, 15) is 0 Å². The van der Waals surface area contributed by atoms with Gasteiger partial charge in [-0.05, 0) is 19.9 Å². The van der Waals surface area contributed by atoms with Crippen molar-refractivity contribution in [3.05, 3.63) is 0 Å². The summed E-state index contributed by atoms with van der Waals surface area (Å²) in [5.74, 6) is 0.601. The van der Waals surface area contributed by atoms with E-state index in [1.54, 1.807) is 0 Å². The summed E-state index contributed by atoms with van der Waals surface area (Å²) in [4.78, 5) is 2.80. The molecule has 0 aromatic rings. The van der Waals surface area contributed by atoms with Crippen molar-refractivity contribution in [2.24, 2.45) is 11.7 Å². The van der Waals surface area contributed by atoms with E-state index >= 15 is 0 Å². The molecule has 0 spiro atoms. The predicted octanol–water partition coefficient (Wildman–Crippen LogP) is 1.66. The van der Waals surface area contributed by atoms with Crippen LogP contribution in [0, 0.1) is 5.92 Å². The maximum atomic E-state index is 5.52. The van der Waals surface area contributed by atoms with Gasteiger partial charge in [-0.2, -0.15) is 0 Å². The van der Waals surface area contributed by atoms with Crippen molar-refractivity contribution in [3.8, 4) is 0 Å². The number of hydrogen-bond donors (Lipinski definition) is 1. The minimum Gasteiger partial charge on any atom is -0.393 e. The third-order valence-electron chi connectivity index (χ3n) is 2.29. The molecule has 0 aromatic heterocycles. The first-order valence-electron chi connectivity index (χ1n) is 5.49. The smallest absolute Gasteiger partial charge is 0.0742 e. The maximum absolute atomic E-state index is 5.52. The highest BCUT2D eigenvalue weighted by Gasteiger charge is 2.09. The summed E-state index contributed by atoms with van der Waals surface area (Å²) in [6.45, 7) is 8.96. The highest BCUT2D eigenvalue weighted by molar-refractivity contribution is 7.80. The lowest BCUT2D eigenvalue weighted by molar-refractivity contribution is 0.0839. The highest BCUT2D eigenvalue weighted by atomic mass is 32.1. The van der Waals surface area contributed by atoms with Crippen LogP contribution in [0.25, 0.3) is 0 Å². The molecule has 0 rings (SSSR count). The highest BCUT2D eigenvalue weighted by Crippen LogP contribution is 2.01. The third-order valence-corrected chi connectivity index (χ3v) is 2.46. The first-order valence-corrected chi connectivity index (χ1v) is 5.90. The molecular weight excluding hydrogens is 208 g/mol. The Morgan fingerprint density at radius 2 is 2.00 bits per heavy atom. The second-order valence-electron chi connectivity index (χ2n) is 4.47. The van der Waals surface area contributed by atoms with Gasteiger partial charge in [-0.3, -0.25) is 0 Å². The first kappa shape index (κ1) is 14.8. The Morgan fingerprint density at radius 1 is 1.40 bits per heavy atom. The molecule has 15 heavy (non-hydrogen) atoms. The largest absolute Gasteiger partial charge is 0.393 e. The number of rotatable bonds is 8. The Bertz CT molecular complexity index is 185. The molecule has 1 unspecified atom stereocenters. The molecule has 90 valence electrons. The zero-order valence-electron chi connectivity index (χ0n) is 10.3. The standard InChI is InChI=1S/C11H24N2OS/c1-9(2)8-14-6-5-13(4)10(3)7-11(12)15/h9-10H,5-8H2,1-4H3,(H2,12,15). The Labute approximate surface area is 99.0 Å². The van der Waals surface area contributed by atoms with Gasteiger partial charge in [-0.1, -0.05) is 26.1 Å². The fourth-order valence-corrected chi connectivity index (χ4v) is 1.44. The fraction of sp³-hybridized carbons (Fsp3) is 0.909. The molecule has 0 fully saturated rings. The summed E-state index contributed by atoms with van der Waals surface area (Å²) in [7, 11) is 2.07. The van der Waals surface area contributed by atoms with Crippen molar-refractivity contribution >= 4 is 17.2 Å². The van der Waals surface area contributed by atoms with Gasteiger partial charge in [0.15, 0.2) is 0 Å². The van der Waals surface area contributed by atoms with Crippen LogP contribution in [-0.2, 0) is 4.74 Å². The summed E-state index contributed by atoms with van der Waals surface area (Å²) in [5, 5.41) is 0. The first-order chi connectivity index (χ1) is 6.93. The molecule has 0 aromatic carbocycles. The van der Waals surface area contributed by atoms with E-state index in [-0.39, 0.29) is 0 Å². The second-order valence-corrected chi connectivity index (χ2v) is 4.99. The molecule has 0 aliphatic heterocycles. The van der Waals surface area contributed by atoms with E-state index in [0.717, 1.165) is 26.2 Å². The quantitative estimate of drug-likeness (QED) is 0.510. The molecule has 0 radical (unpaired) electrons. The van der Waals surface area contributed by atoms with Crippen molar-refractivity contribution in [1.29, 1.82) is 0 Å². The van der Waals surface area contributed by atoms with E-state index in [4.69, 9.17) is 22.7 Å². The third kappa shape index (κ3) is 8.78. The van der Waals surface area contributed by atoms with Crippen molar-refractivity contribution in [2.45, 2.75) is 33.2 Å². The summed E-state index contributed by atoms with van der Waals surface area (Å²) in [6.07, 6.45) is 0.774. The summed E-state index contributed by atoms with van der Waals surface area (Å²) in [5.41, 5.74) is 5.50. The van der Waals surface area contributed by atoms with Gasteiger partial charge in [-0.15, -0.1) is 0 Å². The molecule has 0 saturated carbocycles. The van der Waals surface area contributed by atoms with Crippen LogP contribution in [0.5, 0.6) is 0 Å². The van der Waals surface area contributed by atoms with Gasteiger partial charge in [-0.25, -0.2) is 0 Å². The molecule has 3 nitrogen and oxygen atoms in total. The maximum Gasteiger partial charge on any atom is 0.0742 e. The van der Waals surface area contributed by atoms with Gasteiger partial charge in [0.05, 0.1) is 11.6 Å². The molecule has 4 heteroatoms. The molecule has 0 heterocycles. The summed E-state index contributed by atoms with van der Waals surface area (Å²) >= 11 is 4.88. The molecule has 0 aliphatic rings. The lowest BCUT2D eigenvalue weighted by Crippen LogP contribution is -2.35. The summed E-state index contributed by atoms with van der Waals surface area (Å²) < 4.78 is 5.52. The van der Waals surface area contributed by atoms with Crippen molar-refractivity contribution < 1.29 is 4.74 Å². The van der Waals surface area contributed by atoms with Crippen LogP contribution < -0.4 is 5.73 Å². The Hall–Kier alpha value is -0.190. The van der Waals surface area contributed by atoms with Crippen molar-refractivity contribution in [2.75, 3.05) is 26.8 Å². The molecule has 0 saturated heterocycles. The Kier molecular flexibility index (Phi) is 7.92. The van der Waals surface area contributed by atoms with Gasteiger partial charge >= 0.3 is 0 Å². The van der Waals surface area contributed by atoms with Crippen LogP contribution in [-0.4, -0.2) is 42.7 Å². The SMILES string of the molecule is CC(C)COCCN(C)C(C)CC(N)=S. The van der Waals surface area contributed by atoms with Crippen molar-refractivity contribution in [3.63, 3.8) is 0 Å². The van der Waals surface area contributed by atoms with E-state index in [1.165, 1.54) is 0 Å². The molecule has 2 N–H and O–H groups in total. The number of ether oxygens (including phenoxy) is 1. The lowest BCUT2D eigenvalue weighted by atomic mass is 10.2. The monoisotopic (exact) mass is 232 g/mol. The number of hydrogen-bond acceptors (Lipinski definition) is 3. The molecular formula is C11H24N2OS. The van der Waals surface area contributed by atoms with E-state index in [2.05, 4.69) is 32.7 Å². The van der Waals surface area contributed by atoms with Gasteiger partial charge in [0.25, 0.3) is 0 Å². The average Bonchev–Trinajstić information content (AvgIpc) is 2.10. The predicted molar refractivity (Wildman–Crippen MR) is 69.2 cm³/mol. The number of nitrogens with two attached hydrogens (primary N) is 1. The molecule has 1 atom stereocenters. The van der Waals surface area contributed by atoms with Crippen LogP contribution in [0.15, 0.2) is 0 Å². The zero-order valence-corrected chi connectivity index (χ0v) is 11.1. The average molecular weight is 232 g/mol. The van der Waals surface area contributed by atoms with Gasteiger partial charge < -0.3 is 15.4 Å². The number of thiocarbonyl (C=S) groups is 1. The number of nitrogens with zero attached hydrogens (tertiary/aromatic N) is 1. The van der Waals surface area contributed by atoms with Crippen LogP contribution in [0.4, 0.5) is 0 Å². The van der Waals surface area contributed by atoms with Crippen LogP contribution in [0.1, 0.15) is 27.2 Å². The summed E-state index contributed by atoms with van der Waals surface area (Å²) in [6, 6.07) is 0.394. The van der Waals surface area contributed by atoms with Crippen LogP contribution >= 0.6 is 12.2 Å². The van der Waals surface area contributed by atoms with E-state index < -0.39 is 0 Å². The van der Waals surface area contributed by atoms with Crippen molar-refractivity contribution in [1.82, 2.24) is 4.90 Å². The zero-order chi connectivity index (χ0) is 11.8. The van der Waals surface area contributed by atoms with Gasteiger partial charge in [0.1, 0.15) is 0 Å². The van der Waals surface area contributed by atoms with E-state index in [1.807, 2.05) is 0 Å². The topological polar surface area (TPSA) is 38.5 Å². The van der Waals surface area contributed by atoms with E-state index in [0.29, 0.717) is 16.9 Å². The fourth-order valence-electron chi connectivity index (χ4n) is 1.19.